The topological polar surface area (TPSA) is 29.5 Å². The lowest BCUT2D eigenvalue weighted by Crippen LogP contribution is -2.28. The number of anilines is 1. The molecule has 1 aromatic carbocycles. The highest BCUT2D eigenvalue weighted by Crippen LogP contribution is 2.24. The molecule has 2 atom stereocenters. The van der Waals surface area contributed by atoms with E-state index in [2.05, 4.69) is 0 Å². The molecule has 2 rings (SSSR count). The Hall–Kier alpha value is -1.49. The van der Waals surface area contributed by atoms with Crippen molar-refractivity contribution < 1.29 is 18.3 Å². The van der Waals surface area contributed by atoms with Gasteiger partial charge in [-0.1, -0.05) is 0 Å². The van der Waals surface area contributed by atoms with E-state index in [1.54, 1.807) is 0 Å². The van der Waals surface area contributed by atoms with Crippen molar-refractivity contribution in [3.63, 3.8) is 0 Å². The lowest BCUT2D eigenvalue weighted by molar-refractivity contribution is -0.119. The molecule has 20 heavy (non-hydrogen) atoms. The molecule has 0 bridgehead atoms. The summed E-state index contributed by atoms with van der Waals surface area (Å²) in [5.74, 6) is -1.40. The summed E-state index contributed by atoms with van der Waals surface area (Å²) in [4.78, 5) is 13.2. The first kappa shape index (κ1) is 14.9. The van der Waals surface area contributed by atoms with E-state index in [-0.39, 0.29) is 30.2 Å². The molecule has 110 valence electrons. The lowest BCUT2D eigenvalue weighted by atomic mass is 10.1. The molecule has 1 aromatic rings. The number of carbonyl (C=O) groups is 1. The summed E-state index contributed by atoms with van der Waals surface area (Å²) in [5.41, 5.74) is -0.0318. The summed E-state index contributed by atoms with van der Waals surface area (Å²) >= 11 is 0. The van der Waals surface area contributed by atoms with Crippen molar-refractivity contribution in [2.75, 3.05) is 11.9 Å². The first-order valence-electron chi connectivity index (χ1n) is 6.84. The van der Waals surface area contributed by atoms with Gasteiger partial charge < -0.3 is 9.64 Å². The smallest absolute Gasteiger partial charge is 0.226 e. The Labute approximate surface area is 117 Å². The fourth-order valence-electron chi connectivity index (χ4n) is 2.43. The van der Waals surface area contributed by atoms with Crippen LogP contribution in [0.25, 0.3) is 0 Å². The molecule has 3 nitrogen and oxygen atoms in total. The average molecular weight is 283 g/mol. The van der Waals surface area contributed by atoms with Crippen LogP contribution in [-0.4, -0.2) is 25.2 Å². The normalized spacial score (nSPS) is 22.0. The van der Waals surface area contributed by atoms with Gasteiger partial charge >= 0.3 is 0 Å². The van der Waals surface area contributed by atoms with E-state index >= 15 is 0 Å². The van der Waals surface area contributed by atoms with E-state index in [1.165, 1.54) is 7.05 Å². The summed E-state index contributed by atoms with van der Waals surface area (Å²) < 4.78 is 32.3. The Balaban J connectivity index is 1.93. The van der Waals surface area contributed by atoms with Gasteiger partial charge in [0.25, 0.3) is 0 Å². The minimum atomic E-state index is -0.604. The van der Waals surface area contributed by atoms with Gasteiger partial charge in [-0.15, -0.1) is 0 Å². The number of halogens is 2. The molecule has 0 saturated carbocycles. The SMILES string of the molecule is C[C@@H]1CC[C@H](CCC(=O)N(C)c2cc(F)ccc2F)O1. The van der Waals surface area contributed by atoms with Gasteiger partial charge in [0.2, 0.25) is 5.91 Å². The van der Waals surface area contributed by atoms with Gasteiger partial charge in [-0.2, -0.15) is 0 Å². The molecule has 1 fully saturated rings. The van der Waals surface area contributed by atoms with Gasteiger partial charge in [-0.05, 0) is 38.3 Å². The number of hydrogen-bond donors (Lipinski definition) is 0. The molecule has 1 saturated heterocycles. The summed E-state index contributed by atoms with van der Waals surface area (Å²) in [7, 11) is 1.46. The standard InChI is InChI=1S/C15H19F2NO2/c1-10-3-5-12(20-10)6-8-15(19)18(2)14-9-11(16)4-7-13(14)17/h4,7,9-10,12H,3,5-6,8H2,1-2H3/t10-,12-/m1/s1. The van der Waals surface area contributed by atoms with Crippen molar-refractivity contribution in [2.45, 2.75) is 44.8 Å². The molecule has 1 aliphatic rings. The van der Waals surface area contributed by atoms with Crippen LogP contribution >= 0.6 is 0 Å². The molecule has 1 aliphatic heterocycles. The number of nitrogens with zero attached hydrogens (tertiary/aromatic N) is 1. The van der Waals surface area contributed by atoms with E-state index in [9.17, 15) is 13.6 Å². The van der Waals surface area contributed by atoms with Crippen LogP contribution in [0.4, 0.5) is 14.5 Å². The monoisotopic (exact) mass is 283 g/mol. The average Bonchev–Trinajstić information content (AvgIpc) is 2.83. The van der Waals surface area contributed by atoms with Crippen molar-refractivity contribution in [3.8, 4) is 0 Å². The Morgan fingerprint density at radius 3 is 2.80 bits per heavy atom. The van der Waals surface area contributed by atoms with Crippen LogP contribution in [0.15, 0.2) is 18.2 Å². The van der Waals surface area contributed by atoms with Crippen LogP contribution in [0.5, 0.6) is 0 Å². The number of rotatable bonds is 4. The maximum Gasteiger partial charge on any atom is 0.226 e. The predicted octanol–water partition coefficient (Wildman–Crippen LogP) is 3.28. The zero-order valence-corrected chi connectivity index (χ0v) is 11.7. The van der Waals surface area contributed by atoms with Crippen molar-refractivity contribution in [2.24, 2.45) is 0 Å². The van der Waals surface area contributed by atoms with Crippen molar-refractivity contribution in [3.05, 3.63) is 29.8 Å². The largest absolute Gasteiger partial charge is 0.375 e. The van der Waals surface area contributed by atoms with E-state index in [0.29, 0.717) is 6.42 Å². The number of hydrogen-bond acceptors (Lipinski definition) is 2. The third kappa shape index (κ3) is 3.54. The Morgan fingerprint density at radius 1 is 1.40 bits per heavy atom. The van der Waals surface area contributed by atoms with E-state index < -0.39 is 11.6 Å². The number of benzene rings is 1. The zero-order valence-electron chi connectivity index (χ0n) is 11.7. The van der Waals surface area contributed by atoms with Crippen LogP contribution in [0, 0.1) is 11.6 Å². The van der Waals surface area contributed by atoms with Crippen LogP contribution in [-0.2, 0) is 9.53 Å². The molecule has 1 amide bonds. The van der Waals surface area contributed by atoms with E-state index in [0.717, 1.165) is 35.9 Å². The number of ether oxygens (including phenoxy) is 1. The molecule has 0 N–H and O–H groups in total. The van der Waals surface area contributed by atoms with Gasteiger partial charge in [-0.25, -0.2) is 8.78 Å². The molecule has 0 aromatic heterocycles. The molecular formula is C15H19F2NO2. The van der Waals surface area contributed by atoms with Crippen molar-refractivity contribution >= 4 is 11.6 Å². The molecule has 0 aliphatic carbocycles. The third-order valence-electron chi connectivity index (χ3n) is 3.64. The predicted molar refractivity (Wildman–Crippen MR) is 72.6 cm³/mol. The van der Waals surface area contributed by atoms with Crippen LogP contribution in [0.1, 0.15) is 32.6 Å². The Bertz CT molecular complexity index is 493. The fourth-order valence-corrected chi connectivity index (χ4v) is 2.43. The van der Waals surface area contributed by atoms with Crippen molar-refractivity contribution in [1.29, 1.82) is 0 Å². The molecule has 0 unspecified atom stereocenters. The van der Waals surface area contributed by atoms with Crippen LogP contribution in [0.2, 0.25) is 0 Å². The first-order chi connectivity index (χ1) is 9.47. The second-order valence-corrected chi connectivity index (χ2v) is 5.23. The number of carbonyl (C=O) groups excluding carboxylic acids is 1. The van der Waals surface area contributed by atoms with Gasteiger partial charge in [0, 0.05) is 19.5 Å². The third-order valence-corrected chi connectivity index (χ3v) is 3.64. The van der Waals surface area contributed by atoms with Gasteiger partial charge in [0.1, 0.15) is 11.6 Å². The van der Waals surface area contributed by atoms with E-state index in [1.807, 2.05) is 6.92 Å². The first-order valence-corrected chi connectivity index (χ1v) is 6.84. The Kier molecular flexibility index (Phi) is 4.70. The van der Waals surface area contributed by atoms with Gasteiger partial charge in [0.05, 0.1) is 17.9 Å². The Morgan fingerprint density at radius 2 is 2.15 bits per heavy atom. The summed E-state index contributed by atoms with van der Waals surface area (Å²) in [6.07, 6.45) is 3.18. The maximum atomic E-state index is 13.6. The highest BCUT2D eigenvalue weighted by molar-refractivity contribution is 5.92. The van der Waals surface area contributed by atoms with Crippen molar-refractivity contribution in [1.82, 2.24) is 0 Å². The quantitative estimate of drug-likeness (QED) is 0.848. The minimum Gasteiger partial charge on any atom is -0.375 e. The second kappa shape index (κ2) is 6.31. The highest BCUT2D eigenvalue weighted by Gasteiger charge is 2.23. The maximum absolute atomic E-state index is 13.6. The zero-order chi connectivity index (χ0) is 14.7. The summed E-state index contributed by atoms with van der Waals surface area (Å²) in [6.45, 7) is 2.01. The second-order valence-electron chi connectivity index (χ2n) is 5.23. The summed E-state index contributed by atoms with van der Waals surface area (Å²) in [5, 5.41) is 0. The molecule has 0 radical (unpaired) electrons. The molecule has 5 heteroatoms. The fraction of sp³-hybridized carbons (Fsp3) is 0.533. The summed E-state index contributed by atoms with van der Waals surface area (Å²) in [6, 6.07) is 3.09. The van der Waals surface area contributed by atoms with Crippen LogP contribution < -0.4 is 4.90 Å². The van der Waals surface area contributed by atoms with Gasteiger partial charge in [0.15, 0.2) is 0 Å². The minimum absolute atomic E-state index is 0.0318. The van der Waals surface area contributed by atoms with E-state index in [4.69, 9.17) is 4.74 Å². The molecule has 0 spiro atoms. The molecule has 1 heterocycles. The van der Waals surface area contributed by atoms with Crippen LogP contribution in [0.3, 0.4) is 0 Å². The number of amides is 1. The lowest BCUT2D eigenvalue weighted by Gasteiger charge is -2.19. The van der Waals surface area contributed by atoms with Gasteiger partial charge in [-0.3, -0.25) is 4.79 Å². The highest BCUT2D eigenvalue weighted by atomic mass is 19.1. The molecular weight excluding hydrogens is 264 g/mol.